The summed E-state index contributed by atoms with van der Waals surface area (Å²) in [5.74, 6) is -1.08. The van der Waals surface area contributed by atoms with E-state index in [1.165, 1.54) is 17.0 Å². The summed E-state index contributed by atoms with van der Waals surface area (Å²) in [4.78, 5) is 4.06. The van der Waals surface area contributed by atoms with Crippen molar-refractivity contribution >= 4 is 23.8 Å². The van der Waals surface area contributed by atoms with Gasteiger partial charge in [0.2, 0.25) is 5.95 Å². The third kappa shape index (κ3) is 4.18. The molecule has 0 atom stereocenters. The largest absolute Gasteiger partial charge is 0.488 e. The molecular formula is C18H15ClF2N4O. The molecule has 0 bridgehead atoms. The maximum atomic E-state index is 13.3. The monoisotopic (exact) mass is 376 g/mol. The van der Waals surface area contributed by atoms with Crippen LogP contribution in [0.4, 0.5) is 14.7 Å². The van der Waals surface area contributed by atoms with Gasteiger partial charge in [-0.1, -0.05) is 17.7 Å². The average Bonchev–Trinajstić information content (AvgIpc) is 2.92. The molecule has 2 N–H and O–H groups in total. The lowest BCUT2D eigenvalue weighted by molar-refractivity contribution is 0.304. The Morgan fingerprint density at radius 3 is 2.73 bits per heavy atom. The predicted molar refractivity (Wildman–Crippen MR) is 96.5 cm³/mol. The highest BCUT2D eigenvalue weighted by atomic mass is 35.5. The van der Waals surface area contributed by atoms with Crippen molar-refractivity contribution in [2.24, 2.45) is 5.10 Å². The van der Waals surface area contributed by atoms with Gasteiger partial charge in [-0.2, -0.15) is 5.10 Å². The van der Waals surface area contributed by atoms with E-state index in [1.807, 2.05) is 0 Å². The number of rotatable bonds is 5. The summed E-state index contributed by atoms with van der Waals surface area (Å²) in [5.41, 5.74) is 7.58. The molecule has 8 heteroatoms. The topological polar surface area (TPSA) is 65.4 Å². The van der Waals surface area contributed by atoms with E-state index in [4.69, 9.17) is 22.1 Å². The van der Waals surface area contributed by atoms with Gasteiger partial charge in [-0.25, -0.2) is 18.4 Å². The number of ether oxygens (including phenoxy) is 1. The summed E-state index contributed by atoms with van der Waals surface area (Å²) in [6, 6.07) is 8.61. The van der Waals surface area contributed by atoms with Gasteiger partial charge in [-0.05, 0) is 42.8 Å². The van der Waals surface area contributed by atoms with Gasteiger partial charge in [-0.15, -0.1) is 0 Å². The van der Waals surface area contributed by atoms with Crippen LogP contribution in [0.5, 0.6) is 5.75 Å². The Bertz CT molecular complexity index is 972. The molecule has 0 unspecified atom stereocenters. The quantitative estimate of drug-likeness (QED) is 0.680. The molecule has 0 amide bonds. The summed E-state index contributed by atoms with van der Waals surface area (Å²) in [6.07, 6.45) is 3.21. The summed E-state index contributed by atoms with van der Waals surface area (Å²) in [7, 11) is 0. The van der Waals surface area contributed by atoms with E-state index in [2.05, 4.69) is 10.1 Å². The molecule has 0 aliphatic rings. The zero-order chi connectivity index (χ0) is 18.7. The maximum absolute atomic E-state index is 13.3. The van der Waals surface area contributed by atoms with Gasteiger partial charge in [0.1, 0.15) is 12.4 Å². The molecule has 0 fully saturated rings. The van der Waals surface area contributed by atoms with Gasteiger partial charge in [0.25, 0.3) is 0 Å². The summed E-state index contributed by atoms with van der Waals surface area (Å²) >= 11 is 6.04. The lowest BCUT2D eigenvalue weighted by atomic mass is 10.2. The van der Waals surface area contributed by atoms with Crippen LogP contribution in [0.25, 0.3) is 0 Å². The third-order valence-corrected chi connectivity index (χ3v) is 3.74. The number of nitrogens with two attached hydrogens (primary N) is 1. The van der Waals surface area contributed by atoms with E-state index in [9.17, 15) is 8.78 Å². The minimum Gasteiger partial charge on any atom is -0.488 e. The van der Waals surface area contributed by atoms with Crippen LogP contribution < -0.4 is 10.5 Å². The van der Waals surface area contributed by atoms with Crippen LogP contribution in [0, 0.1) is 18.6 Å². The first-order valence-corrected chi connectivity index (χ1v) is 8.02. The second kappa shape index (κ2) is 7.53. The van der Waals surface area contributed by atoms with Crippen molar-refractivity contribution in [3.63, 3.8) is 0 Å². The molecule has 0 saturated heterocycles. The van der Waals surface area contributed by atoms with Gasteiger partial charge in [0.05, 0.1) is 18.1 Å². The fourth-order valence-corrected chi connectivity index (χ4v) is 2.44. The number of aromatic nitrogens is 2. The summed E-state index contributed by atoms with van der Waals surface area (Å²) in [5, 5.41) is 4.74. The molecule has 5 nitrogen and oxygen atoms in total. The first kappa shape index (κ1) is 17.9. The Balaban J connectivity index is 1.81. The molecular weight excluding hydrogens is 362 g/mol. The van der Waals surface area contributed by atoms with Gasteiger partial charge in [-0.3, -0.25) is 0 Å². The number of anilines is 1. The van der Waals surface area contributed by atoms with E-state index in [1.54, 1.807) is 31.3 Å². The number of hydrogen-bond donors (Lipinski definition) is 1. The molecule has 26 heavy (non-hydrogen) atoms. The Labute approximate surface area is 153 Å². The molecule has 0 spiro atoms. The average molecular weight is 377 g/mol. The molecule has 1 aromatic heterocycles. The van der Waals surface area contributed by atoms with E-state index in [-0.39, 0.29) is 12.6 Å². The number of aryl methyl sites for hydroxylation is 1. The number of nitrogens with zero attached hydrogens (tertiary/aromatic N) is 3. The van der Waals surface area contributed by atoms with Crippen molar-refractivity contribution in [1.82, 2.24) is 9.66 Å². The van der Waals surface area contributed by atoms with Gasteiger partial charge in [0, 0.05) is 10.6 Å². The Kier molecular flexibility index (Phi) is 5.18. The fourth-order valence-electron chi connectivity index (χ4n) is 2.26. The smallest absolute Gasteiger partial charge is 0.221 e. The maximum Gasteiger partial charge on any atom is 0.221 e. The Hall–Kier alpha value is -2.93. The van der Waals surface area contributed by atoms with Crippen molar-refractivity contribution in [1.29, 1.82) is 0 Å². The molecule has 134 valence electrons. The fraction of sp³-hybridized carbons (Fsp3) is 0.111. The molecule has 1 heterocycles. The summed E-state index contributed by atoms with van der Waals surface area (Å²) < 4.78 is 33.4. The minimum atomic E-state index is -0.921. The summed E-state index contributed by atoms with van der Waals surface area (Å²) in [6.45, 7) is 1.87. The number of imidazole rings is 1. The molecule has 0 aliphatic carbocycles. The van der Waals surface area contributed by atoms with E-state index in [0.717, 1.165) is 17.8 Å². The van der Waals surface area contributed by atoms with Crippen molar-refractivity contribution in [3.8, 4) is 5.75 Å². The number of nitrogen functional groups attached to an aromatic ring is 1. The van der Waals surface area contributed by atoms with Gasteiger partial charge >= 0.3 is 0 Å². The molecule has 0 aliphatic heterocycles. The SMILES string of the molecule is Cc1cn(N=Cc2cc(Cl)ccc2OCc2ccc(F)c(F)c2)c(N)n1. The molecule has 3 rings (SSSR count). The van der Waals surface area contributed by atoms with Crippen molar-refractivity contribution in [2.45, 2.75) is 13.5 Å². The van der Waals surface area contributed by atoms with E-state index < -0.39 is 11.6 Å². The van der Waals surface area contributed by atoms with Gasteiger partial charge < -0.3 is 10.5 Å². The first-order valence-electron chi connectivity index (χ1n) is 7.64. The number of benzene rings is 2. The van der Waals surface area contributed by atoms with Crippen LogP contribution in [0.2, 0.25) is 5.02 Å². The second-order valence-corrected chi connectivity index (χ2v) is 5.99. The van der Waals surface area contributed by atoms with Crippen LogP contribution >= 0.6 is 11.6 Å². The zero-order valence-corrected chi connectivity index (χ0v) is 14.5. The standard InChI is InChI=1S/C18H15ClF2N4O/c1-11-9-25(18(22)24-11)23-8-13-7-14(19)3-5-17(13)26-10-12-2-4-15(20)16(21)6-12/h2-9H,10H2,1H3,(H2,22,24). The van der Waals surface area contributed by atoms with Crippen molar-refractivity contribution < 1.29 is 13.5 Å². The highest BCUT2D eigenvalue weighted by molar-refractivity contribution is 6.30. The number of halogens is 3. The van der Waals surface area contributed by atoms with E-state index >= 15 is 0 Å². The molecule has 3 aromatic rings. The Morgan fingerprint density at radius 1 is 1.23 bits per heavy atom. The highest BCUT2D eigenvalue weighted by Crippen LogP contribution is 2.23. The second-order valence-electron chi connectivity index (χ2n) is 5.55. The lowest BCUT2D eigenvalue weighted by Gasteiger charge is -2.10. The molecule has 2 aromatic carbocycles. The third-order valence-electron chi connectivity index (χ3n) is 3.51. The van der Waals surface area contributed by atoms with Crippen molar-refractivity contribution in [2.75, 3.05) is 5.73 Å². The van der Waals surface area contributed by atoms with Crippen LogP contribution in [-0.2, 0) is 6.61 Å². The molecule has 0 saturated carbocycles. The van der Waals surface area contributed by atoms with Gasteiger partial charge in [0.15, 0.2) is 11.6 Å². The zero-order valence-electron chi connectivity index (χ0n) is 13.8. The van der Waals surface area contributed by atoms with Crippen LogP contribution in [0.3, 0.4) is 0 Å². The lowest BCUT2D eigenvalue weighted by Crippen LogP contribution is -2.01. The van der Waals surface area contributed by atoms with Crippen LogP contribution in [0.1, 0.15) is 16.8 Å². The molecule has 0 radical (unpaired) electrons. The normalized spacial score (nSPS) is 11.2. The van der Waals surface area contributed by atoms with E-state index in [0.29, 0.717) is 21.9 Å². The van der Waals surface area contributed by atoms with Crippen LogP contribution in [0.15, 0.2) is 47.7 Å². The Morgan fingerprint density at radius 2 is 2.04 bits per heavy atom. The predicted octanol–water partition coefficient (Wildman–Crippen LogP) is 4.17. The van der Waals surface area contributed by atoms with Crippen LogP contribution in [-0.4, -0.2) is 15.9 Å². The minimum absolute atomic E-state index is 0.0615. The first-order chi connectivity index (χ1) is 12.4. The van der Waals surface area contributed by atoms with Crippen molar-refractivity contribution in [3.05, 3.63) is 76.1 Å². The highest BCUT2D eigenvalue weighted by Gasteiger charge is 2.07. The number of hydrogen-bond acceptors (Lipinski definition) is 4.